The van der Waals surface area contributed by atoms with Gasteiger partial charge in [0.2, 0.25) is 0 Å². The van der Waals surface area contributed by atoms with Crippen molar-refractivity contribution in [2.24, 2.45) is 5.11 Å². The molecule has 0 aromatic rings. The number of hydrogen-bond acceptors (Lipinski definition) is 3. The third-order valence-electron chi connectivity index (χ3n) is 0.697. The van der Waals surface area contributed by atoms with E-state index in [1.54, 1.807) is 0 Å². The maximum atomic E-state index is 6.38. The smallest absolute Gasteiger partial charge is 0.0608 e. The van der Waals surface area contributed by atoms with Gasteiger partial charge in [0.15, 0.2) is 0 Å². The van der Waals surface area contributed by atoms with E-state index >= 15 is 0 Å². The molecule has 0 atom stereocenters. The standard InChI is InChI=1S/C4H11N3/c1-6-3-2-4-7-5/h5-6H,2-4H2,1H3. The monoisotopic (exact) mass is 101 g/mol. The van der Waals surface area contributed by atoms with E-state index in [1.165, 1.54) is 0 Å². The maximum absolute atomic E-state index is 6.38. The lowest BCUT2D eigenvalue weighted by atomic mass is 10.4. The van der Waals surface area contributed by atoms with E-state index in [9.17, 15) is 0 Å². The van der Waals surface area contributed by atoms with Crippen LogP contribution in [0.3, 0.4) is 0 Å². The van der Waals surface area contributed by atoms with E-state index < -0.39 is 0 Å². The zero-order valence-electron chi connectivity index (χ0n) is 4.57. The molecule has 0 aliphatic carbocycles. The molecule has 0 radical (unpaired) electrons. The van der Waals surface area contributed by atoms with Gasteiger partial charge in [0, 0.05) is 0 Å². The second kappa shape index (κ2) is 5.56. The Hall–Kier alpha value is -0.440. The van der Waals surface area contributed by atoms with Gasteiger partial charge in [-0.1, -0.05) is 0 Å². The molecule has 0 aromatic carbocycles. The van der Waals surface area contributed by atoms with Crippen LogP contribution in [0.1, 0.15) is 6.42 Å². The molecule has 0 saturated heterocycles. The van der Waals surface area contributed by atoms with Gasteiger partial charge in [-0.3, -0.25) is 0 Å². The summed E-state index contributed by atoms with van der Waals surface area (Å²) < 4.78 is 0. The highest BCUT2D eigenvalue weighted by Gasteiger charge is 1.77. The molecule has 0 bridgehead atoms. The predicted molar refractivity (Wildman–Crippen MR) is 28.6 cm³/mol. The molecule has 0 aliphatic heterocycles. The molecule has 0 spiro atoms. The van der Waals surface area contributed by atoms with Crippen LogP contribution in [0.25, 0.3) is 0 Å². The van der Waals surface area contributed by atoms with Crippen molar-refractivity contribution < 1.29 is 0 Å². The van der Waals surface area contributed by atoms with E-state index in [-0.39, 0.29) is 0 Å². The Kier molecular flexibility index (Phi) is 5.21. The average molecular weight is 101 g/mol. The SMILES string of the molecule is CNCCCN=N. The van der Waals surface area contributed by atoms with Gasteiger partial charge in [-0.25, -0.2) is 5.53 Å². The fraction of sp³-hybridized carbons (Fsp3) is 1.00. The summed E-state index contributed by atoms with van der Waals surface area (Å²) >= 11 is 0. The quantitative estimate of drug-likeness (QED) is 0.396. The van der Waals surface area contributed by atoms with E-state index in [0.29, 0.717) is 6.54 Å². The molecule has 0 saturated carbocycles. The molecular weight excluding hydrogens is 90.1 g/mol. The first-order valence-corrected chi connectivity index (χ1v) is 2.39. The van der Waals surface area contributed by atoms with Crippen LogP contribution < -0.4 is 5.32 Å². The van der Waals surface area contributed by atoms with Gasteiger partial charge in [0.05, 0.1) is 6.54 Å². The highest BCUT2D eigenvalue weighted by atomic mass is 14.9. The lowest BCUT2D eigenvalue weighted by Crippen LogP contribution is -2.07. The fourth-order valence-corrected chi connectivity index (χ4v) is 0.335. The number of nitrogens with zero attached hydrogens (tertiary/aromatic N) is 1. The molecular formula is C4H11N3. The molecule has 0 amide bonds. The second-order valence-electron chi connectivity index (χ2n) is 1.34. The summed E-state index contributed by atoms with van der Waals surface area (Å²) in [7, 11) is 1.89. The minimum absolute atomic E-state index is 0.654. The Labute approximate surface area is 43.6 Å². The van der Waals surface area contributed by atoms with E-state index in [0.717, 1.165) is 13.0 Å². The molecule has 0 heterocycles. The Morgan fingerprint density at radius 3 is 2.86 bits per heavy atom. The highest BCUT2D eigenvalue weighted by Crippen LogP contribution is 1.74. The summed E-state index contributed by atoms with van der Waals surface area (Å²) in [5.74, 6) is 0. The third-order valence-corrected chi connectivity index (χ3v) is 0.697. The summed E-state index contributed by atoms with van der Waals surface area (Å²) in [6, 6.07) is 0. The summed E-state index contributed by atoms with van der Waals surface area (Å²) in [6.07, 6.45) is 0.972. The van der Waals surface area contributed by atoms with Crippen LogP contribution >= 0.6 is 0 Å². The molecule has 0 unspecified atom stereocenters. The van der Waals surface area contributed by atoms with Gasteiger partial charge in [-0.2, -0.15) is 5.11 Å². The molecule has 0 rings (SSSR count). The first kappa shape index (κ1) is 6.56. The number of nitrogens with one attached hydrogen (secondary N) is 2. The van der Waals surface area contributed by atoms with E-state index in [1.807, 2.05) is 7.05 Å². The summed E-state index contributed by atoms with van der Waals surface area (Å²) in [5, 5.41) is 6.14. The zero-order chi connectivity index (χ0) is 5.54. The average Bonchev–Trinajstić information content (AvgIpc) is 1.69. The minimum Gasteiger partial charge on any atom is -0.320 e. The zero-order valence-corrected chi connectivity index (χ0v) is 4.57. The molecule has 0 aliphatic rings. The van der Waals surface area contributed by atoms with Gasteiger partial charge in [0.1, 0.15) is 0 Å². The van der Waals surface area contributed by atoms with Crippen LogP contribution in [0.2, 0.25) is 0 Å². The Morgan fingerprint density at radius 1 is 1.71 bits per heavy atom. The number of hydrogen-bond donors (Lipinski definition) is 2. The fourth-order valence-electron chi connectivity index (χ4n) is 0.335. The molecule has 7 heavy (non-hydrogen) atoms. The molecule has 0 fully saturated rings. The van der Waals surface area contributed by atoms with Crippen molar-refractivity contribution in [3.63, 3.8) is 0 Å². The van der Waals surface area contributed by atoms with Crippen LogP contribution in [0.4, 0.5) is 0 Å². The van der Waals surface area contributed by atoms with Gasteiger partial charge >= 0.3 is 0 Å². The van der Waals surface area contributed by atoms with Crippen LogP contribution in [0.15, 0.2) is 5.11 Å². The lowest BCUT2D eigenvalue weighted by Gasteiger charge is -1.89. The van der Waals surface area contributed by atoms with Gasteiger partial charge < -0.3 is 5.32 Å². The van der Waals surface area contributed by atoms with Crippen molar-refractivity contribution in [1.29, 1.82) is 5.53 Å². The van der Waals surface area contributed by atoms with Gasteiger partial charge in [-0.15, -0.1) is 0 Å². The van der Waals surface area contributed by atoms with Crippen LogP contribution in [0, 0.1) is 5.53 Å². The van der Waals surface area contributed by atoms with Gasteiger partial charge in [-0.05, 0) is 20.0 Å². The molecule has 0 aromatic heterocycles. The van der Waals surface area contributed by atoms with E-state index in [2.05, 4.69) is 10.4 Å². The first-order valence-electron chi connectivity index (χ1n) is 2.39. The van der Waals surface area contributed by atoms with E-state index in [4.69, 9.17) is 5.53 Å². The topological polar surface area (TPSA) is 48.2 Å². The van der Waals surface area contributed by atoms with Crippen molar-refractivity contribution in [2.75, 3.05) is 20.1 Å². The lowest BCUT2D eigenvalue weighted by molar-refractivity contribution is 0.711. The van der Waals surface area contributed by atoms with Crippen LogP contribution in [-0.2, 0) is 0 Å². The second-order valence-corrected chi connectivity index (χ2v) is 1.34. The molecule has 2 N–H and O–H groups in total. The van der Waals surface area contributed by atoms with Crippen LogP contribution in [0.5, 0.6) is 0 Å². The summed E-state index contributed by atoms with van der Waals surface area (Å²) in [6.45, 7) is 1.61. The molecule has 3 heteroatoms. The van der Waals surface area contributed by atoms with Crippen molar-refractivity contribution in [3.8, 4) is 0 Å². The van der Waals surface area contributed by atoms with Crippen molar-refractivity contribution in [3.05, 3.63) is 0 Å². The molecule has 42 valence electrons. The Balaban J connectivity index is 2.56. The van der Waals surface area contributed by atoms with Crippen LogP contribution in [-0.4, -0.2) is 20.1 Å². The highest BCUT2D eigenvalue weighted by molar-refractivity contribution is 4.40. The predicted octanol–water partition coefficient (Wildman–Crippen LogP) is 0.627. The normalized spacial score (nSPS) is 8.71. The number of rotatable bonds is 4. The summed E-state index contributed by atoms with van der Waals surface area (Å²) in [5.41, 5.74) is 6.38. The minimum atomic E-state index is 0.654. The maximum Gasteiger partial charge on any atom is 0.0608 e. The largest absolute Gasteiger partial charge is 0.320 e. The van der Waals surface area contributed by atoms with Crippen molar-refractivity contribution >= 4 is 0 Å². The Morgan fingerprint density at radius 2 is 2.43 bits per heavy atom. The summed E-state index contributed by atoms with van der Waals surface area (Å²) in [4.78, 5) is 0. The Bertz CT molecular complexity index is 44.2. The first-order chi connectivity index (χ1) is 3.41. The van der Waals surface area contributed by atoms with Gasteiger partial charge in [0.25, 0.3) is 0 Å². The molecule has 3 nitrogen and oxygen atoms in total. The van der Waals surface area contributed by atoms with Crippen molar-refractivity contribution in [2.45, 2.75) is 6.42 Å². The third kappa shape index (κ3) is 5.56. The van der Waals surface area contributed by atoms with Crippen molar-refractivity contribution in [1.82, 2.24) is 5.32 Å².